The molecule has 17 heavy (non-hydrogen) atoms. The van der Waals surface area contributed by atoms with Gasteiger partial charge in [-0.2, -0.15) is 0 Å². The maximum Gasteiger partial charge on any atom is 0.269 e. The Morgan fingerprint density at radius 3 is 2.71 bits per heavy atom. The number of hydrogen-bond donors (Lipinski definition) is 1. The fourth-order valence-electron chi connectivity index (χ4n) is 2.17. The zero-order valence-electron chi connectivity index (χ0n) is 10.1. The largest absolute Gasteiger partial charge is 0.310 e. The van der Waals surface area contributed by atoms with E-state index in [1.165, 1.54) is 19.3 Å². The molecule has 1 aliphatic rings. The van der Waals surface area contributed by atoms with Gasteiger partial charge >= 0.3 is 0 Å². The van der Waals surface area contributed by atoms with E-state index in [-0.39, 0.29) is 10.6 Å². The topological polar surface area (TPSA) is 55.2 Å². The summed E-state index contributed by atoms with van der Waals surface area (Å²) in [6, 6.07) is 7.43. The van der Waals surface area contributed by atoms with Crippen LogP contribution in [0, 0.1) is 16.0 Å². The molecule has 4 heteroatoms. The summed E-state index contributed by atoms with van der Waals surface area (Å²) >= 11 is 0. The average Bonchev–Trinajstić information content (AvgIpc) is 3.06. The van der Waals surface area contributed by atoms with Crippen molar-refractivity contribution >= 4 is 5.69 Å². The highest BCUT2D eigenvalue weighted by molar-refractivity contribution is 5.32. The highest BCUT2D eigenvalue weighted by atomic mass is 16.6. The van der Waals surface area contributed by atoms with Gasteiger partial charge in [0.05, 0.1) is 4.92 Å². The summed E-state index contributed by atoms with van der Waals surface area (Å²) < 4.78 is 0. The third-order valence-electron chi connectivity index (χ3n) is 3.30. The summed E-state index contributed by atoms with van der Waals surface area (Å²) in [5.41, 5.74) is 1.27. The molecule has 1 N–H and O–H groups in total. The van der Waals surface area contributed by atoms with Crippen LogP contribution < -0.4 is 5.32 Å². The van der Waals surface area contributed by atoms with E-state index < -0.39 is 0 Å². The fraction of sp³-hybridized carbons (Fsp3) is 0.538. The minimum absolute atomic E-state index is 0.157. The fourth-order valence-corrected chi connectivity index (χ4v) is 2.17. The highest BCUT2D eigenvalue weighted by Crippen LogP contribution is 2.34. The van der Waals surface area contributed by atoms with Crippen LogP contribution in [0.1, 0.15) is 31.7 Å². The number of nitrogens with zero attached hydrogens (tertiary/aromatic N) is 1. The van der Waals surface area contributed by atoms with Gasteiger partial charge in [0.15, 0.2) is 0 Å². The molecular formula is C13H18N2O2. The lowest BCUT2D eigenvalue weighted by atomic mass is 10.2. The molecule has 0 saturated heterocycles. The molecule has 0 radical (unpaired) electrons. The third kappa shape index (κ3) is 3.27. The number of non-ortho nitro benzene ring substituents is 1. The number of nitro groups is 1. The van der Waals surface area contributed by atoms with Gasteiger partial charge < -0.3 is 5.32 Å². The van der Waals surface area contributed by atoms with Gasteiger partial charge in [0.1, 0.15) is 0 Å². The first-order valence-corrected chi connectivity index (χ1v) is 6.17. The summed E-state index contributed by atoms with van der Waals surface area (Å²) in [4.78, 5) is 10.1. The van der Waals surface area contributed by atoms with Gasteiger partial charge in [-0.15, -0.1) is 0 Å². The van der Waals surface area contributed by atoms with Gasteiger partial charge in [-0.25, -0.2) is 0 Å². The van der Waals surface area contributed by atoms with Crippen molar-refractivity contribution in [3.05, 3.63) is 39.9 Å². The van der Waals surface area contributed by atoms with E-state index in [4.69, 9.17) is 0 Å². The van der Waals surface area contributed by atoms with Gasteiger partial charge in [0.25, 0.3) is 5.69 Å². The highest BCUT2D eigenvalue weighted by Gasteiger charge is 2.35. The molecule has 0 heterocycles. The minimum atomic E-state index is -0.366. The molecule has 0 aliphatic heterocycles. The SMILES string of the molecule is CCCC1CC1NCc1ccc([N+](=O)[O-])cc1. The third-order valence-corrected chi connectivity index (χ3v) is 3.30. The van der Waals surface area contributed by atoms with Crippen LogP contribution in [0.2, 0.25) is 0 Å². The molecule has 0 amide bonds. The molecule has 1 aromatic carbocycles. The van der Waals surface area contributed by atoms with Crippen molar-refractivity contribution in [3.63, 3.8) is 0 Å². The van der Waals surface area contributed by atoms with Crippen molar-refractivity contribution in [2.75, 3.05) is 0 Å². The normalized spacial score (nSPS) is 22.4. The van der Waals surface area contributed by atoms with E-state index in [9.17, 15) is 10.1 Å². The summed E-state index contributed by atoms with van der Waals surface area (Å²) in [6.07, 6.45) is 3.83. The van der Waals surface area contributed by atoms with Crippen LogP contribution in [0.3, 0.4) is 0 Å². The molecule has 0 spiro atoms. The van der Waals surface area contributed by atoms with Crippen LogP contribution in [0.15, 0.2) is 24.3 Å². The van der Waals surface area contributed by atoms with Crippen LogP contribution in [0.5, 0.6) is 0 Å². The molecule has 1 saturated carbocycles. The minimum Gasteiger partial charge on any atom is -0.310 e. The van der Waals surface area contributed by atoms with Crippen molar-refractivity contribution in [3.8, 4) is 0 Å². The number of hydrogen-bond acceptors (Lipinski definition) is 3. The predicted molar refractivity (Wildman–Crippen MR) is 66.7 cm³/mol. The predicted octanol–water partition coefficient (Wildman–Crippen LogP) is 2.87. The zero-order valence-corrected chi connectivity index (χ0v) is 10.1. The van der Waals surface area contributed by atoms with E-state index in [0.29, 0.717) is 6.04 Å². The molecule has 1 aliphatic carbocycles. The summed E-state index contributed by atoms with van der Waals surface area (Å²) in [7, 11) is 0. The van der Waals surface area contributed by atoms with Gasteiger partial charge in [-0.05, 0) is 24.3 Å². The Morgan fingerprint density at radius 2 is 2.12 bits per heavy atom. The van der Waals surface area contributed by atoms with E-state index in [1.807, 2.05) is 12.1 Å². The quantitative estimate of drug-likeness (QED) is 0.608. The maximum atomic E-state index is 10.5. The Hall–Kier alpha value is -1.42. The Kier molecular flexibility index (Phi) is 3.74. The second kappa shape index (κ2) is 5.27. The van der Waals surface area contributed by atoms with E-state index in [2.05, 4.69) is 12.2 Å². The lowest BCUT2D eigenvalue weighted by molar-refractivity contribution is -0.384. The number of benzene rings is 1. The van der Waals surface area contributed by atoms with Crippen molar-refractivity contribution < 1.29 is 4.92 Å². The first-order valence-electron chi connectivity index (χ1n) is 6.17. The lowest BCUT2D eigenvalue weighted by Gasteiger charge is -2.03. The Labute approximate surface area is 101 Å². The Bertz CT molecular complexity index is 389. The Balaban J connectivity index is 1.78. The zero-order chi connectivity index (χ0) is 12.3. The van der Waals surface area contributed by atoms with Crippen molar-refractivity contribution in [1.82, 2.24) is 5.32 Å². The monoisotopic (exact) mass is 234 g/mol. The van der Waals surface area contributed by atoms with Crippen molar-refractivity contribution in [2.24, 2.45) is 5.92 Å². The smallest absolute Gasteiger partial charge is 0.269 e. The van der Waals surface area contributed by atoms with Gasteiger partial charge in [0.2, 0.25) is 0 Å². The van der Waals surface area contributed by atoms with Crippen molar-refractivity contribution in [2.45, 2.75) is 38.8 Å². The molecule has 1 aromatic rings. The van der Waals surface area contributed by atoms with Gasteiger partial charge in [-0.1, -0.05) is 25.5 Å². The summed E-state index contributed by atoms with van der Waals surface area (Å²) in [5.74, 6) is 0.845. The lowest BCUT2D eigenvalue weighted by Crippen LogP contribution is -2.17. The second-order valence-corrected chi connectivity index (χ2v) is 4.70. The molecule has 4 nitrogen and oxygen atoms in total. The maximum absolute atomic E-state index is 10.5. The summed E-state index contributed by atoms with van der Waals surface area (Å²) in [5, 5.41) is 14.0. The second-order valence-electron chi connectivity index (χ2n) is 4.70. The van der Waals surface area contributed by atoms with Gasteiger partial charge in [0, 0.05) is 24.7 Å². The van der Waals surface area contributed by atoms with Crippen LogP contribution in [0.25, 0.3) is 0 Å². The molecule has 0 bridgehead atoms. The molecule has 2 atom stereocenters. The first kappa shape index (κ1) is 12.0. The molecule has 0 aromatic heterocycles. The van der Waals surface area contributed by atoms with Crippen LogP contribution in [0.4, 0.5) is 5.69 Å². The summed E-state index contributed by atoms with van der Waals surface area (Å²) in [6.45, 7) is 3.02. The van der Waals surface area contributed by atoms with E-state index in [0.717, 1.165) is 18.0 Å². The molecule has 2 rings (SSSR count). The molecular weight excluding hydrogens is 216 g/mol. The standard InChI is InChI=1S/C13H18N2O2/c1-2-3-11-8-13(11)14-9-10-4-6-12(7-5-10)15(16)17/h4-7,11,13-14H,2-3,8-9H2,1H3. The average molecular weight is 234 g/mol. The van der Waals surface area contributed by atoms with E-state index in [1.54, 1.807) is 12.1 Å². The number of rotatable bonds is 6. The van der Waals surface area contributed by atoms with Crippen LogP contribution >= 0.6 is 0 Å². The van der Waals surface area contributed by atoms with Crippen LogP contribution in [-0.2, 0) is 6.54 Å². The molecule has 2 unspecified atom stereocenters. The molecule has 1 fully saturated rings. The number of nitrogens with one attached hydrogen (secondary N) is 1. The van der Waals surface area contributed by atoms with E-state index >= 15 is 0 Å². The van der Waals surface area contributed by atoms with Gasteiger partial charge in [-0.3, -0.25) is 10.1 Å². The number of nitro benzene ring substituents is 1. The molecule has 92 valence electrons. The Morgan fingerprint density at radius 1 is 1.41 bits per heavy atom. The van der Waals surface area contributed by atoms with Crippen LogP contribution in [-0.4, -0.2) is 11.0 Å². The first-order chi connectivity index (χ1) is 8.20. The van der Waals surface area contributed by atoms with Crippen molar-refractivity contribution in [1.29, 1.82) is 0 Å².